The summed E-state index contributed by atoms with van der Waals surface area (Å²) in [6.45, 7) is 4.70. The van der Waals surface area contributed by atoms with Gasteiger partial charge in [0.15, 0.2) is 5.78 Å². The minimum Gasteiger partial charge on any atom is -0.497 e. The molecule has 0 unspecified atom stereocenters. The molecule has 3 aromatic rings. The van der Waals surface area contributed by atoms with Gasteiger partial charge in [0, 0.05) is 27.7 Å². The number of piperidine rings is 1. The Labute approximate surface area is 234 Å². The molecule has 0 saturated carbocycles. The molecule has 6 heteroatoms. The molecular weight excluding hydrogens is 543 g/mol. The minimum atomic E-state index is -0.272. The molecule has 1 aliphatic heterocycles. The third-order valence-corrected chi connectivity index (χ3v) is 8.36. The summed E-state index contributed by atoms with van der Waals surface area (Å²) in [7, 11) is 5.76. The number of halogens is 2. The second-order valence-corrected chi connectivity index (χ2v) is 11.3. The van der Waals surface area contributed by atoms with E-state index in [-0.39, 0.29) is 11.6 Å². The second-order valence-electron chi connectivity index (χ2n) is 10.5. The molecular formula is C32H38BrFN2O2. The van der Waals surface area contributed by atoms with Crippen molar-refractivity contribution in [2.75, 3.05) is 40.8 Å². The lowest BCUT2D eigenvalue weighted by Gasteiger charge is -2.28. The monoisotopic (exact) mass is 580 g/mol. The summed E-state index contributed by atoms with van der Waals surface area (Å²) in [6, 6.07) is 14.7. The molecule has 0 spiro atoms. The standard InChI is InChI=1S/C32H38BrFN2O2/c1-21-26(14-8-15-28(21)34)30-29(32(37)23-11-7-13-25(18-23)38-4)22(10-5-6-17-36(2)3)19-27(31(30)33)24-12-9-16-35-20-24/h7-8,11,13-15,18-19,24,35H,5-6,9-10,12,16-17,20H2,1-4H3/t24-/m1/s1. The number of carbonyl (C=O) groups is 1. The first-order valence-corrected chi connectivity index (χ1v) is 14.3. The highest BCUT2D eigenvalue weighted by atomic mass is 79.9. The number of benzene rings is 3. The van der Waals surface area contributed by atoms with Crippen molar-refractivity contribution in [3.63, 3.8) is 0 Å². The van der Waals surface area contributed by atoms with E-state index in [1.54, 1.807) is 26.2 Å². The average Bonchev–Trinajstić information content (AvgIpc) is 2.93. The molecule has 3 aromatic carbocycles. The SMILES string of the molecule is COc1cccc(C(=O)c2c(CCCCN(C)C)cc([C@@H]3CCCNC3)c(Br)c2-c2cccc(F)c2C)c1. The summed E-state index contributed by atoms with van der Waals surface area (Å²) in [5.41, 5.74) is 5.53. The van der Waals surface area contributed by atoms with E-state index in [4.69, 9.17) is 4.74 Å². The lowest BCUT2D eigenvalue weighted by molar-refractivity contribution is 0.103. The number of aryl methyl sites for hydroxylation is 1. The molecule has 4 nitrogen and oxygen atoms in total. The summed E-state index contributed by atoms with van der Waals surface area (Å²) in [5.74, 6) is 0.619. The highest BCUT2D eigenvalue weighted by Gasteiger charge is 2.28. The van der Waals surface area contributed by atoms with Crippen LogP contribution in [0.4, 0.5) is 4.39 Å². The Kier molecular flexibility index (Phi) is 9.74. The van der Waals surface area contributed by atoms with Crippen LogP contribution in [0, 0.1) is 12.7 Å². The van der Waals surface area contributed by atoms with E-state index >= 15 is 0 Å². The van der Waals surface area contributed by atoms with E-state index in [0.717, 1.165) is 72.9 Å². The van der Waals surface area contributed by atoms with Crippen molar-refractivity contribution < 1.29 is 13.9 Å². The maximum Gasteiger partial charge on any atom is 0.194 e. The minimum absolute atomic E-state index is 0.0702. The Morgan fingerprint density at radius 3 is 2.66 bits per heavy atom. The molecule has 1 heterocycles. The summed E-state index contributed by atoms with van der Waals surface area (Å²) >= 11 is 3.93. The highest BCUT2D eigenvalue weighted by Crippen LogP contribution is 2.43. The third-order valence-electron chi connectivity index (χ3n) is 7.51. The normalized spacial score (nSPS) is 15.6. The van der Waals surface area contributed by atoms with Crippen LogP contribution in [0.5, 0.6) is 5.75 Å². The summed E-state index contributed by atoms with van der Waals surface area (Å²) < 4.78 is 21.2. The third kappa shape index (κ3) is 6.36. The van der Waals surface area contributed by atoms with E-state index in [0.29, 0.717) is 28.4 Å². The van der Waals surface area contributed by atoms with Gasteiger partial charge in [-0.15, -0.1) is 0 Å². The lowest BCUT2D eigenvalue weighted by atomic mass is 9.81. The predicted octanol–water partition coefficient (Wildman–Crippen LogP) is 7.15. The van der Waals surface area contributed by atoms with Gasteiger partial charge in [0.05, 0.1) is 7.11 Å². The number of hydrogen-bond acceptors (Lipinski definition) is 4. The van der Waals surface area contributed by atoms with Gasteiger partial charge in [-0.1, -0.05) is 30.3 Å². The Bertz CT molecular complexity index is 1280. The zero-order valence-corrected chi connectivity index (χ0v) is 24.5. The summed E-state index contributed by atoms with van der Waals surface area (Å²) in [6.07, 6.45) is 4.96. The number of nitrogens with one attached hydrogen (secondary N) is 1. The highest BCUT2D eigenvalue weighted by molar-refractivity contribution is 9.10. The number of rotatable bonds is 10. The van der Waals surface area contributed by atoms with Gasteiger partial charge in [-0.2, -0.15) is 0 Å². The Balaban J connectivity index is 1.95. The first kappa shape index (κ1) is 28.5. The van der Waals surface area contributed by atoms with Crippen molar-refractivity contribution in [1.29, 1.82) is 0 Å². The zero-order valence-electron chi connectivity index (χ0n) is 22.9. The molecule has 1 N–H and O–H groups in total. The van der Waals surface area contributed by atoms with E-state index < -0.39 is 0 Å². The van der Waals surface area contributed by atoms with E-state index in [9.17, 15) is 9.18 Å². The van der Waals surface area contributed by atoms with Crippen LogP contribution in [0.2, 0.25) is 0 Å². The lowest BCUT2D eigenvalue weighted by Crippen LogP contribution is -2.29. The van der Waals surface area contributed by atoms with Gasteiger partial charge in [0.1, 0.15) is 11.6 Å². The molecule has 0 radical (unpaired) electrons. The molecule has 4 rings (SSSR count). The van der Waals surface area contributed by atoms with Crippen molar-refractivity contribution in [2.24, 2.45) is 0 Å². The van der Waals surface area contributed by atoms with E-state index in [2.05, 4.69) is 46.3 Å². The van der Waals surface area contributed by atoms with Gasteiger partial charge in [-0.3, -0.25) is 4.79 Å². The van der Waals surface area contributed by atoms with E-state index in [1.807, 2.05) is 24.3 Å². The number of unbranched alkanes of at least 4 members (excludes halogenated alkanes) is 1. The number of ketones is 1. The average molecular weight is 582 g/mol. The molecule has 0 aromatic heterocycles. The van der Waals surface area contributed by atoms with Crippen LogP contribution in [0.3, 0.4) is 0 Å². The van der Waals surface area contributed by atoms with Crippen LogP contribution in [-0.2, 0) is 6.42 Å². The maximum absolute atomic E-state index is 14.9. The Hall–Kier alpha value is -2.54. The molecule has 1 atom stereocenters. The molecule has 1 aliphatic rings. The van der Waals surface area contributed by atoms with Gasteiger partial charge in [0.25, 0.3) is 0 Å². The maximum atomic E-state index is 14.9. The van der Waals surface area contributed by atoms with E-state index in [1.165, 1.54) is 11.6 Å². The second kappa shape index (κ2) is 13.0. The summed E-state index contributed by atoms with van der Waals surface area (Å²) in [5, 5.41) is 3.53. The topological polar surface area (TPSA) is 41.6 Å². The largest absolute Gasteiger partial charge is 0.497 e. The molecule has 38 heavy (non-hydrogen) atoms. The van der Waals surface area contributed by atoms with Crippen molar-refractivity contribution in [3.05, 3.63) is 86.6 Å². The van der Waals surface area contributed by atoms with Gasteiger partial charge in [-0.25, -0.2) is 4.39 Å². The van der Waals surface area contributed by atoms with Crippen molar-refractivity contribution in [3.8, 4) is 16.9 Å². The molecule has 202 valence electrons. The fourth-order valence-electron chi connectivity index (χ4n) is 5.39. The Morgan fingerprint density at radius 1 is 1.16 bits per heavy atom. The van der Waals surface area contributed by atoms with Crippen LogP contribution in [0.1, 0.15) is 64.2 Å². The van der Waals surface area contributed by atoms with Crippen LogP contribution in [0.25, 0.3) is 11.1 Å². The molecule has 0 amide bonds. The first-order chi connectivity index (χ1) is 18.3. The van der Waals surface area contributed by atoms with Crippen molar-refractivity contribution in [1.82, 2.24) is 10.2 Å². The summed E-state index contributed by atoms with van der Waals surface area (Å²) in [4.78, 5) is 16.5. The van der Waals surface area contributed by atoms with Crippen LogP contribution in [-0.4, -0.2) is 51.5 Å². The van der Waals surface area contributed by atoms with Crippen LogP contribution in [0.15, 0.2) is 53.0 Å². The molecule has 0 aliphatic carbocycles. The van der Waals surface area contributed by atoms with Gasteiger partial charge >= 0.3 is 0 Å². The number of hydrogen-bond donors (Lipinski definition) is 1. The fourth-order valence-corrected chi connectivity index (χ4v) is 6.24. The van der Waals surface area contributed by atoms with Crippen LogP contribution < -0.4 is 10.1 Å². The first-order valence-electron chi connectivity index (χ1n) is 13.5. The van der Waals surface area contributed by atoms with Crippen molar-refractivity contribution >= 4 is 21.7 Å². The van der Waals surface area contributed by atoms with Crippen molar-refractivity contribution in [2.45, 2.75) is 44.9 Å². The zero-order chi connectivity index (χ0) is 27.2. The number of methoxy groups -OCH3 is 1. The van der Waals surface area contributed by atoms with Gasteiger partial charge < -0.3 is 15.0 Å². The van der Waals surface area contributed by atoms with Crippen LogP contribution >= 0.6 is 15.9 Å². The smallest absolute Gasteiger partial charge is 0.194 e. The molecule has 1 fully saturated rings. The molecule has 1 saturated heterocycles. The van der Waals surface area contributed by atoms with Gasteiger partial charge in [0.2, 0.25) is 0 Å². The Morgan fingerprint density at radius 2 is 1.95 bits per heavy atom. The number of nitrogens with zero attached hydrogens (tertiary/aromatic N) is 1. The molecule has 0 bridgehead atoms. The number of carbonyl (C=O) groups excluding carboxylic acids is 1. The predicted molar refractivity (Wildman–Crippen MR) is 157 cm³/mol. The fraction of sp³-hybridized carbons (Fsp3) is 0.406. The number of ether oxygens (including phenoxy) is 1. The van der Waals surface area contributed by atoms with Gasteiger partial charge in [-0.05, 0) is 129 Å². The quantitative estimate of drug-likeness (QED) is 0.204.